The van der Waals surface area contributed by atoms with Gasteiger partial charge in [0.05, 0.1) is 0 Å². The van der Waals surface area contributed by atoms with Crippen LogP contribution in [-0.2, 0) is 24.3 Å². The number of unbranched alkanes of at least 4 members (excludes halogenated alkanes) is 1. The van der Waals surface area contributed by atoms with Crippen molar-refractivity contribution in [1.29, 1.82) is 0 Å². The quantitative estimate of drug-likeness (QED) is 0.302. The van der Waals surface area contributed by atoms with Crippen molar-refractivity contribution in [1.82, 2.24) is 9.80 Å². The summed E-state index contributed by atoms with van der Waals surface area (Å²) in [6.45, 7) is 0.645. The maximum atomic E-state index is 13.4. The average molecular weight is 533 g/mol. The standard InChI is InChI=1S/C34H32N2O4/c37-31-27-17-7-9-19-29(27)33(39,23-25-13-3-1-4-14-25)35(31)21-11-12-22-36-32(38)28-18-8-10-20-30(28)34(36,40)24-26-15-5-2-6-16-26/h1-10,13-20,39-40H,11-12,21-24H2/t33-,34+. The molecule has 0 fully saturated rings. The number of rotatable bonds is 9. The molecule has 2 aliphatic rings. The molecule has 6 rings (SSSR count). The Morgan fingerprint density at radius 2 is 0.850 bits per heavy atom. The number of nitrogens with zero attached hydrogens (tertiary/aromatic N) is 2. The molecule has 4 aromatic rings. The van der Waals surface area contributed by atoms with Crippen LogP contribution in [0.2, 0.25) is 0 Å². The van der Waals surface area contributed by atoms with Crippen LogP contribution in [0, 0.1) is 0 Å². The molecule has 40 heavy (non-hydrogen) atoms. The van der Waals surface area contributed by atoms with Crippen molar-refractivity contribution < 1.29 is 19.8 Å². The summed E-state index contributed by atoms with van der Waals surface area (Å²) in [5.41, 5.74) is 1.23. The number of hydrogen-bond donors (Lipinski definition) is 2. The molecule has 2 atom stereocenters. The minimum Gasteiger partial charge on any atom is -0.366 e. The highest BCUT2D eigenvalue weighted by molar-refractivity contribution is 6.00. The van der Waals surface area contributed by atoms with Crippen molar-refractivity contribution in [2.24, 2.45) is 0 Å². The molecule has 0 aromatic heterocycles. The van der Waals surface area contributed by atoms with Crippen LogP contribution < -0.4 is 0 Å². The van der Waals surface area contributed by atoms with Crippen molar-refractivity contribution in [3.8, 4) is 0 Å². The summed E-state index contributed by atoms with van der Waals surface area (Å²) in [5, 5.41) is 23.9. The van der Waals surface area contributed by atoms with Gasteiger partial charge in [0, 0.05) is 48.2 Å². The van der Waals surface area contributed by atoms with Gasteiger partial charge in [-0.15, -0.1) is 0 Å². The fourth-order valence-electron chi connectivity index (χ4n) is 6.21. The normalized spacial score (nSPS) is 21.6. The van der Waals surface area contributed by atoms with Gasteiger partial charge in [-0.2, -0.15) is 0 Å². The van der Waals surface area contributed by atoms with E-state index in [1.165, 1.54) is 0 Å². The van der Waals surface area contributed by atoms with E-state index in [1.54, 1.807) is 21.9 Å². The van der Waals surface area contributed by atoms with Crippen molar-refractivity contribution in [3.05, 3.63) is 143 Å². The maximum Gasteiger partial charge on any atom is 0.256 e. The number of aliphatic hydroxyl groups is 2. The molecule has 0 spiro atoms. The molecule has 202 valence electrons. The van der Waals surface area contributed by atoms with E-state index >= 15 is 0 Å². The molecule has 2 aliphatic heterocycles. The molecule has 0 bridgehead atoms. The van der Waals surface area contributed by atoms with E-state index in [2.05, 4.69) is 0 Å². The SMILES string of the molecule is O=C1c2ccccc2[C@](O)(Cc2ccccc2)N1CCCCN1C(=O)c2ccccc2[C@@]1(O)Cc1ccccc1. The van der Waals surface area contributed by atoms with E-state index in [1.807, 2.05) is 97.1 Å². The highest BCUT2D eigenvalue weighted by Crippen LogP contribution is 2.41. The predicted octanol–water partition coefficient (Wildman–Crippen LogP) is 4.85. The lowest BCUT2D eigenvalue weighted by atomic mass is 9.94. The zero-order chi connectivity index (χ0) is 27.7. The Labute approximate surface area is 234 Å². The molecule has 2 heterocycles. The van der Waals surface area contributed by atoms with Gasteiger partial charge in [-0.05, 0) is 36.1 Å². The fraction of sp³-hybridized carbons (Fsp3) is 0.235. The van der Waals surface area contributed by atoms with Gasteiger partial charge in [-0.1, -0.05) is 97.1 Å². The zero-order valence-corrected chi connectivity index (χ0v) is 22.2. The second-order valence-corrected chi connectivity index (χ2v) is 10.7. The summed E-state index contributed by atoms with van der Waals surface area (Å²) in [6, 6.07) is 33.8. The van der Waals surface area contributed by atoms with E-state index in [9.17, 15) is 19.8 Å². The van der Waals surface area contributed by atoms with Crippen molar-refractivity contribution in [2.75, 3.05) is 13.1 Å². The lowest BCUT2D eigenvalue weighted by Crippen LogP contribution is -2.47. The third-order valence-corrected chi connectivity index (χ3v) is 8.16. The molecule has 0 saturated heterocycles. The van der Waals surface area contributed by atoms with Gasteiger partial charge in [0.15, 0.2) is 11.4 Å². The number of carbonyl (C=O) groups excluding carboxylic acids is 2. The minimum atomic E-state index is -1.46. The number of amides is 2. The van der Waals surface area contributed by atoms with Crippen LogP contribution in [0.25, 0.3) is 0 Å². The third-order valence-electron chi connectivity index (χ3n) is 8.16. The van der Waals surface area contributed by atoms with Crippen molar-refractivity contribution >= 4 is 11.8 Å². The van der Waals surface area contributed by atoms with Crippen LogP contribution >= 0.6 is 0 Å². The van der Waals surface area contributed by atoms with Crippen LogP contribution in [0.4, 0.5) is 0 Å². The summed E-state index contributed by atoms with van der Waals surface area (Å²) < 4.78 is 0. The van der Waals surface area contributed by atoms with Crippen molar-refractivity contribution in [2.45, 2.75) is 37.1 Å². The summed E-state index contributed by atoms with van der Waals surface area (Å²) in [6.07, 6.45) is 1.68. The van der Waals surface area contributed by atoms with E-state index in [-0.39, 0.29) is 24.7 Å². The second-order valence-electron chi connectivity index (χ2n) is 10.7. The van der Waals surface area contributed by atoms with E-state index in [0.29, 0.717) is 48.2 Å². The lowest BCUT2D eigenvalue weighted by Gasteiger charge is -2.36. The van der Waals surface area contributed by atoms with Crippen LogP contribution in [0.3, 0.4) is 0 Å². The van der Waals surface area contributed by atoms with Crippen LogP contribution in [0.1, 0.15) is 55.8 Å². The maximum absolute atomic E-state index is 13.4. The smallest absolute Gasteiger partial charge is 0.256 e. The predicted molar refractivity (Wildman–Crippen MR) is 152 cm³/mol. The third kappa shape index (κ3) is 4.39. The number of benzene rings is 4. The molecule has 0 unspecified atom stereocenters. The second kappa shape index (κ2) is 10.4. The summed E-state index contributed by atoms with van der Waals surface area (Å²) >= 11 is 0. The Bertz CT molecular complexity index is 1420. The minimum absolute atomic E-state index is 0.195. The summed E-state index contributed by atoms with van der Waals surface area (Å²) in [4.78, 5) is 30.0. The van der Waals surface area contributed by atoms with E-state index < -0.39 is 11.4 Å². The first-order chi connectivity index (χ1) is 19.4. The number of hydrogen-bond acceptors (Lipinski definition) is 4. The first-order valence-corrected chi connectivity index (χ1v) is 13.8. The van der Waals surface area contributed by atoms with Crippen molar-refractivity contribution in [3.63, 3.8) is 0 Å². The number of carbonyl (C=O) groups is 2. The summed E-state index contributed by atoms with van der Waals surface area (Å²) in [5.74, 6) is -0.390. The first kappa shape index (κ1) is 26.0. The van der Waals surface area contributed by atoms with Gasteiger partial charge in [-0.25, -0.2) is 0 Å². The Morgan fingerprint density at radius 1 is 0.500 bits per heavy atom. The molecular weight excluding hydrogens is 500 g/mol. The molecule has 6 heteroatoms. The van der Waals surface area contributed by atoms with Gasteiger partial charge in [0.1, 0.15) is 0 Å². The molecule has 2 N–H and O–H groups in total. The van der Waals surface area contributed by atoms with Crippen LogP contribution in [0.15, 0.2) is 109 Å². The topological polar surface area (TPSA) is 81.1 Å². The van der Waals surface area contributed by atoms with Gasteiger partial charge in [-0.3, -0.25) is 9.59 Å². The molecule has 0 aliphatic carbocycles. The molecule has 0 saturated carbocycles. The molecular formula is C34H32N2O4. The van der Waals surface area contributed by atoms with E-state index in [4.69, 9.17) is 0 Å². The molecule has 4 aromatic carbocycles. The molecule has 6 nitrogen and oxygen atoms in total. The highest BCUT2D eigenvalue weighted by Gasteiger charge is 2.49. The van der Waals surface area contributed by atoms with E-state index in [0.717, 1.165) is 11.1 Å². The largest absolute Gasteiger partial charge is 0.366 e. The van der Waals surface area contributed by atoms with Gasteiger partial charge in [0.2, 0.25) is 0 Å². The van der Waals surface area contributed by atoms with Crippen LogP contribution in [-0.4, -0.2) is 44.9 Å². The summed E-state index contributed by atoms with van der Waals surface area (Å²) in [7, 11) is 0. The fourth-order valence-corrected chi connectivity index (χ4v) is 6.21. The number of fused-ring (bicyclic) bond motifs is 2. The van der Waals surface area contributed by atoms with Crippen LogP contribution in [0.5, 0.6) is 0 Å². The first-order valence-electron chi connectivity index (χ1n) is 13.8. The Hall–Kier alpha value is -4.26. The zero-order valence-electron chi connectivity index (χ0n) is 22.2. The Kier molecular flexibility index (Phi) is 6.74. The van der Waals surface area contributed by atoms with Gasteiger partial charge in [0.25, 0.3) is 11.8 Å². The Morgan fingerprint density at radius 3 is 1.25 bits per heavy atom. The average Bonchev–Trinajstić information content (AvgIpc) is 3.32. The van der Waals surface area contributed by atoms with Gasteiger partial charge >= 0.3 is 0 Å². The monoisotopic (exact) mass is 532 g/mol. The lowest BCUT2D eigenvalue weighted by molar-refractivity contribution is -0.0903. The molecule has 2 amide bonds. The highest BCUT2D eigenvalue weighted by atomic mass is 16.3. The molecule has 0 radical (unpaired) electrons. The Balaban J connectivity index is 1.20. The van der Waals surface area contributed by atoms with Gasteiger partial charge < -0.3 is 20.0 Å².